The van der Waals surface area contributed by atoms with Crippen LogP contribution in [0.2, 0.25) is 0 Å². The molecule has 1 aromatic heterocycles. The minimum atomic E-state index is -0.927. The number of benzene rings is 3. The van der Waals surface area contributed by atoms with E-state index in [2.05, 4.69) is 4.98 Å². The van der Waals surface area contributed by atoms with Crippen molar-refractivity contribution in [3.8, 4) is 17.2 Å². The SMILES string of the molecule is CCOC(=O)C(CCCOc1ccc2cc(-c3nc4c(C)cccc4o3)ccc2c1)C(=O)OCC. The van der Waals surface area contributed by atoms with Crippen LogP contribution in [0.3, 0.4) is 0 Å². The van der Waals surface area contributed by atoms with Crippen LogP contribution in [0.25, 0.3) is 33.3 Å². The number of oxazole rings is 1. The maximum absolute atomic E-state index is 12.1. The molecule has 0 unspecified atom stereocenters. The van der Waals surface area contributed by atoms with Crippen LogP contribution in [0.5, 0.6) is 5.75 Å². The zero-order valence-corrected chi connectivity index (χ0v) is 20.2. The molecule has 0 N–H and O–H groups in total. The molecule has 4 aromatic rings. The zero-order valence-electron chi connectivity index (χ0n) is 20.2. The molecule has 4 rings (SSSR count). The molecule has 1 heterocycles. The number of carbonyl (C=O) groups excluding carboxylic acids is 2. The van der Waals surface area contributed by atoms with Gasteiger partial charge in [0.15, 0.2) is 11.5 Å². The van der Waals surface area contributed by atoms with E-state index in [0.29, 0.717) is 31.1 Å². The Kier molecular flexibility index (Phi) is 7.65. The lowest BCUT2D eigenvalue weighted by molar-refractivity contribution is -0.162. The number of esters is 2. The summed E-state index contributed by atoms with van der Waals surface area (Å²) in [6.45, 7) is 6.23. The quantitative estimate of drug-likeness (QED) is 0.161. The van der Waals surface area contributed by atoms with Gasteiger partial charge in [0.2, 0.25) is 5.89 Å². The molecule has 0 amide bonds. The summed E-state index contributed by atoms with van der Waals surface area (Å²) in [7, 11) is 0. The normalized spacial score (nSPS) is 11.2. The van der Waals surface area contributed by atoms with Crippen LogP contribution in [0.15, 0.2) is 59.0 Å². The lowest BCUT2D eigenvalue weighted by Gasteiger charge is -2.14. The summed E-state index contributed by atoms with van der Waals surface area (Å²) < 4.78 is 21.8. The van der Waals surface area contributed by atoms with Crippen LogP contribution in [-0.4, -0.2) is 36.7 Å². The van der Waals surface area contributed by atoms with Gasteiger partial charge in [0.25, 0.3) is 0 Å². The summed E-state index contributed by atoms with van der Waals surface area (Å²) in [5, 5.41) is 2.06. The van der Waals surface area contributed by atoms with Gasteiger partial charge >= 0.3 is 11.9 Å². The Hall–Kier alpha value is -3.87. The van der Waals surface area contributed by atoms with Gasteiger partial charge in [-0.2, -0.15) is 0 Å². The Morgan fingerprint density at radius 3 is 2.37 bits per heavy atom. The fourth-order valence-corrected chi connectivity index (χ4v) is 3.95. The van der Waals surface area contributed by atoms with Crippen molar-refractivity contribution in [2.75, 3.05) is 19.8 Å². The molecule has 182 valence electrons. The number of hydrogen-bond donors (Lipinski definition) is 0. The maximum Gasteiger partial charge on any atom is 0.320 e. The number of nitrogens with zero attached hydrogens (tertiary/aromatic N) is 1. The van der Waals surface area contributed by atoms with E-state index in [0.717, 1.165) is 33.0 Å². The monoisotopic (exact) mass is 475 g/mol. The average Bonchev–Trinajstić information content (AvgIpc) is 3.30. The maximum atomic E-state index is 12.1. The van der Waals surface area contributed by atoms with E-state index >= 15 is 0 Å². The molecule has 0 bridgehead atoms. The van der Waals surface area contributed by atoms with Crippen molar-refractivity contribution in [2.24, 2.45) is 5.92 Å². The van der Waals surface area contributed by atoms with Crippen LogP contribution in [-0.2, 0) is 19.1 Å². The highest BCUT2D eigenvalue weighted by atomic mass is 16.6. The van der Waals surface area contributed by atoms with Crippen molar-refractivity contribution in [3.63, 3.8) is 0 Å². The highest BCUT2D eigenvalue weighted by Crippen LogP contribution is 2.30. The molecule has 3 aromatic carbocycles. The first kappa shape index (κ1) is 24.3. The molecular weight excluding hydrogens is 446 g/mol. The van der Waals surface area contributed by atoms with E-state index in [4.69, 9.17) is 18.6 Å². The number of hydrogen-bond acceptors (Lipinski definition) is 7. The van der Waals surface area contributed by atoms with Crippen molar-refractivity contribution in [2.45, 2.75) is 33.6 Å². The van der Waals surface area contributed by atoms with Crippen LogP contribution >= 0.6 is 0 Å². The summed E-state index contributed by atoms with van der Waals surface area (Å²) in [4.78, 5) is 28.8. The molecule has 0 saturated heterocycles. The predicted octanol–water partition coefficient (Wildman–Crippen LogP) is 5.86. The second-order valence-corrected chi connectivity index (χ2v) is 8.21. The Bertz CT molecular complexity index is 1320. The number of aromatic nitrogens is 1. The van der Waals surface area contributed by atoms with E-state index < -0.39 is 17.9 Å². The van der Waals surface area contributed by atoms with Gasteiger partial charge in [0, 0.05) is 5.56 Å². The average molecular weight is 476 g/mol. The molecule has 7 nitrogen and oxygen atoms in total. The lowest BCUT2D eigenvalue weighted by Crippen LogP contribution is -2.28. The molecule has 0 aliphatic rings. The zero-order chi connectivity index (χ0) is 24.8. The van der Waals surface area contributed by atoms with Crippen molar-refractivity contribution >= 4 is 33.8 Å². The van der Waals surface area contributed by atoms with Gasteiger partial charge in [-0.3, -0.25) is 9.59 Å². The molecule has 0 radical (unpaired) electrons. The van der Waals surface area contributed by atoms with Crippen molar-refractivity contribution < 1.29 is 28.2 Å². The van der Waals surface area contributed by atoms with Gasteiger partial charge in [-0.1, -0.05) is 24.3 Å². The number of para-hydroxylation sites is 1. The number of ether oxygens (including phenoxy) is 3. The summed E-state index contributed by atoms with van der Waals surface area (Å²) in [5.41, 5.74) is 3.64. The van der Waals surface area contributed by atoms with E-state index in [1.54, 1.807) is 13.8 Å². The first-order valence-corrected chi connectivity index (χ1v) is 11.9. The van der Waals surface area contributed by atoms with Gasteiger partial charge in [-0.05, 0) is 80.3 Å². The Morgan fingerprint density at radius 1 is 0.943 bits per heavy atom. The molecule has 0 aliphatic carbocycles. The summed E-state index contributed by atoms with van der Waals surface area (Å²) in [6, 6.07) is 17.8. The summed E-state index contributed by atoms with van der Waals surface area (Å²) in [5.74, 6) is -0.729. The molecule has 0 atom stereocenters. The van der Waals surface area contributed by atoms with Crippen molar-refractivity contribution in [1.29, 1.82) is 0 Å². The standard InChI is InChI=1S/C28H29NO6/c1-4-32-27(30)23(28(31)33-5-2)9-7-15-34-22-14-13-19-16-21(12-11-20(19)17-22)26-29-25-18(3)8-6-10-24(25)35-26/h6,8,10-14,16-17,23H,4-5,7,9,15H2,1-3H3. The molecule has 0 fully saturated rings. The molecule has 7 heteroatoms. The third kappa shape index (κ3) is 5.62. The molecule has 0 spiro atoms. The number of aryl methyl sites for hydroxylation is 1. The van der Waals surface area contributed by atoms with Gasteiger partial charge in [0.1, 0.15) is 11.3 Å². The van der Waals surface area contributed by atoms with E-state index in [1.807, 2.05) is 61.5 Å². The smallest absolute Gasteiger partial charge is 0.320 e. The van der Waals surface area contributed by atoms with E-state index in [-0.39, 0.29) is 13.2 Å². The number of rotatable bonds is 10. The second-order valence-electron chi connectivity index (χ2n) is 8.21. The van der Waals surface area contributed by atoms with Gasteiger partial charge in [-0.25, -0.2) is 4.98 Å². The lowest BCUT2D eigenvalue weighted by atomic mass is 10.0. The summed E-state index contributed by atoms with van der Waals surface area (Å²) >= 11 is 0. The van der Waals surface area contributed by atoms with Crippen molar-refractivity contribution in [1.82, 2.24) is 4.98 Å². The van der Waals surface area contributed by atoms with Crippen LogP contribution in [0, 0.1) is 12.8 Å². The van der Waals surface area contributed by atoms with Gasteiger partial charge in [-0.15, -0.1) is 0 Å². The Morgan fingerprint density at radius 2 is 1.66 bits per heavy atom. The third-order valence-corrected chi connectivity index (χ3v) is 5.73. The minimum Gasteiger partial charge on any atom is -0.494 e. The largest absolute Gasteiger partial charge is 0.494 e. The molecule has 35 heavy (non-hydrogen) atoms. The topological polar surface area (TPSA) is 87.9 Å². The highest BCUT2D eigenvalue weighted by Gasteiger charge is 2.28. The second kappa shape index (κ2) is 11.0. The van der Waals surface area contributed by atoms with Crippen LogP contribution in [0.1, 0.15) is 32.3 Å². The highest BCUT2D eigenvalue weighted by molar-refractivity contribution is 5.94. The Labute approximate surface area is 204 Å². The van der Waals surface area contributed by atoms with Gasteiger partial charge in [0.05, 0.1) is 19.8 Å². The van der Waals surface area contributed by atoms with Crippen LogP contribution < -0.4 is 4.74 Å². The van der Waals surface area contributed by atoms with E-state index in [9.17, 15) is 9.59 Å². The minimum absolute atomic E-state index is 0.218. The number of fused-ring (bicyclic) bond motifs is 2. The van der Waals surface area contributed by atoms with Crippen molar-refractivity contribution in [3.05, 3.63) is 60.2 Å². The molecular formula is C28H29NO6. The fraction of sp³-hybridized carbons (Fsp3) is 0.321. The van der Waals surface area contributed by atoms with Crippen LogP contribution in [0.4, 0.5) is 0 Å². The fourth-order valence-electron chi connectivity index (χ4n) is 3.95. The molecule has 0 saturated carbocycles. The summed E-state index contributed by atoms with van der Waals surface area (Å²) in [6.07, 6.45) is 0.814. The third-order valence-electron chi connectivity index (χ3n) is 5.73. The molecule has 0 aliphatic heterocycles. The Balaban J connectivity index is 1.40. The van der Waals surface area contributed by atoms with Gasteiger partial charge < -0.3 is 18.6 Å². The number of carbonyl (C=O) groups is 2. The first-order valence-electron chi connectivity index (χ1n) is 11.9. The predicted molar refractivity (Wildman–Crippen MR) is 133 cm³/mol. The first-order chi connectivity index (χ1) is 17.0. The van der Waals surface area contributed by atoms with E-state index in [1.165, 1.54) is 0 Å².